The molecule has 1 N–H and O–H groups in total. The number of hydrogen-bond donors (Lipinski definition) is 1. The molecule has 2 aromatic rings. The van der Waals surface area contributed by atoms with Gasteiger partial charge in [0.25, 0.3) is 6.43 Å². The van der Waals surface area contributed by atoms with Gasteiger partial charge in [-0.05, 0) is 30.2 Å². The Bertz CT molecular complexity index is 555. The lowest BCUT2D eigenvalue weighted by Gasteiger charge is -2.08. The van der Waals surface area contributed by atoms with Crippen molar-refractivity contribution in [3.05, 3.63) is 65.2 Å². The number of nitrogens with one attached hydrogen (secondary N) is 1. The first-order chi connectivity index (χ1) is 10.2. The van der Waals surface area contributed by atoms with Crippen molar-refractivity contribution in [1.29, 1.82) is 0 Å². The highest BCUT2D eigenvalue weighted by Gasteiger charge is 2.05. The fourth-order valence-electron chi connectivity index (χ4n) is 2.04. The first kappa shape index (κ1) is 15.4. The predicted molar refractivity (Wildman–Crippen MR) is 79.6 cm³/mol. The van der Waals surface area contributed by atoms with Gasteiger partial charge in [-0.1, -0.05) is 36.4 Å². The van der Waals surface area contributed by atoms with Gasteiger partial charge in [0, 0.05) is 18.7 Å². The summed E-state index contributed by atoms with van der Waals surface area (Å²) < 4.78 is 30.3. The maximum absolute atomic E-state index is 12.4. The van der Waals surface area contributed by atoms with Crippen LogP contribution >= 0.6 is 0 Å². The van der Waals surface area contributed by atoms with Crippen LogP contribution in [0, 0.1) is 0 Å². The number of alkyl halides is 2. The van der Waals surface area contributed by atoms with Crippen LogP contribution in [0.4, 0.5) is 8.78 Å². The third kappa shape index (κ3) is 4.83. The Balaban J connectivity index is 1.85. The summed E-state index contributed by atoms with van der Waals surface area (Å²) in [6.07, 6.45) is -2.41. The van der Waals surface area contributed by atoms with Crippen molar-refractivity contribution in [2.24, 2.45) is 0 Å². The Labute approximate surface area is 123 Å². The van der Waals surface area contributed by atoms with Gasteiger partial charge in [-0.25, -0.2) is 8.78 Å². The number of hydrogen-bond acceptors (Lipinski definition) is 2. The quantitative estimate of drug-likeness (QED) is 0.820. The van der Waals surface area contributed by atoms with Crippen LogP contribution in [0.2, 0.25) is 0 Å². The number of benzene rings is 2. The van der Waals surface area contributed by atoms with Crippen molar-refractivity contribution < 1.29 is 13.5 Å². The molecule has 112 valence electrons. The summed E-state index contributed by atoms with van der Waals surface area (Å²) in [6, 6.07) is 14.3. The molecule has 0 heterocycles. The molecule has 0 aliphatic carbocycles. The second kappa shape index (κ2) is 7.74. The highest BCUT2D eigenvalue weighted by Crippen LogP contribution is 2.18. The number of rotatable bonds is 7. The molecule has 21 heavy (non-hydrogen) atoms. The zero-order chi connectivity index (χ0) is 15.1. The summed E-state index contributed by atoms with van der Waals surface area (Å²) >= 11 is 0. The molecule has 4 heteroatoms. The maximum atomic E-state index is 12.4. The SMILES string of the molecule is CCOc1cccc(CNCc2ccc(C(F)F)cc2)c1. The molecule has 2 rings (SSSR count). The van der Waals surface area contributed by atoms with Crippen LogP contribution < -0.4 is 10.1 Å². The van der Waals surface area contributed by atoms with Gasteiger partial charge < -0.3 is 10.1 Å². The third-order valence-corrected chi connectivity index (χ3v) is 3.10. The van der Waals surface area contributed by atoms with Crippen molar-refractivity contribution in [2.45, 2.75) is 26.4 Å². The second-order valence-electron chi connectivity index (χ2n) is 4.73. The summed E-state index contributed by atoms with van der Waals surface area (Å²) in [5.74, 6) is 0.859. The van der Waals surface area contributed by atoms with Gasteiger partial charge in [0.15, 0.2) is 0 Å². The lowest BCUT2D eigenvalue weighted by Crippen LogP contribution is -2.12. The highest BCUT2D eigenvalue weighted by atomic mass is 19.3. The minimum absolute atomic E-state index is 0.0585. The van der Waals surface area contributed by atoms with Crippen LogP contribution in [-0.4, -0.2) is 6.61 Å². The van der Waals surface area contributed by atoms with E-state index in [0.29, 0.717) is 19.7 Å². The van der Waals surface area contributed by atoms with Gasteiger partial charge in [-0.15, -0.1) is 0 Å². The van der Waals surface area contributed by atoms with Gasteiger partial charge >= 0.3 is 0 Å². The van der Waals surface area contributed by atoms with Gasteiger partial charge in [-0.3, -0.25) is 0 Å². The third-order valence-electron chi connectivity index (χ3n) is 3.10. The fourth-order valence-corrected chi connectivity index (χ4v) is 2.04. The molecule has 0 aliphatic rings. The van der Waals surface area contributed by atoms with Crippen molar-refractivity contribution in [3.8, 4) is 5.75 Å². The molecule has 0 radical (unpaired) electrons. The average Bonchev–Trinajstić information content (AvgIpc) is 2.48. The van der Waals surface area contributed by atoms with Crippen LogP contribution in [0.1, 0.15) is 30.0 Å². The highest BCUT2D eigenvalue weighted by molar-refractivity contribution is 5.28. The summed E-state index contributed by atoms with van der Waals surface area (Å²) in [5.41, 5.74) is 2.17. The monoisotopic (exact) mass is 291 g/mol. The van der Waals surface area contributed by atoms with E-state index in [1.807, 2.05) is 31.2 Å². The summed E-state index contributed by atoms with van der Waals surface area (Å²) in [7, 11) is 0. The molecule has 0 aromatic heterocycles. The van der Waals surface area contributed by atoms with Crippen LogP contribution in [0.3, 0.4) is 0 Å². The zero-order valence-corrected chi connectivity index (χ0v) is 12.0. The molecular formula is C17H19F2NO. The maximum Gasteiger partial charge on any atom is 0.263 e. The summed E-state index contributed by atoms with van der Waals surface area (Å²) in [5, 5.41) is 3.29. The van der Waals surface area contributed by atoms with Crippen LogP contribution in [0.5, 0.6) is 5.75 Å². The van der Waals surface area contributed by atoms with Crippen LogP contribution in [-0.2, 0) is 13.1 Å². The lowest BCUT2D eigenvalue weighted by molar-refractivity contribution is 0.151. The van der Waals surface area contributed by atoms with Gasteiger partial charge in [0.05, 0.1) is 6.61 Å². The van der Waals surface area contributed by atoms with Crippen molar-refractivity contribution in [3.63, 3.8) is 0 Å². The molecule has 0 saturated carbocycles. The molecule has 2 nitrogen and oxygen atoms in total. The Morgan fingerprint density at radius 1 is 1.00 bits per heavy atom. The molecule has 0 fully saturated rings. The fraction of sp³-hybridized carbons (Fsp3) is 0.294. The average molecular weight is 291 g/mol. The summed E-state index contributed by atoms with van der Waals surface area (Å²) in [4.78, 5) is 0. The van der Waals surface area contributed by atoms with Crippen LogP contribution in [0.15, 0.2) is 48.5 Å². The van der Waals surface area contributed by atoms with E-state index >= 15 is 0 Å². The number of halogens is 2. The lowest BCUT2D eigenvalue weighted by atomic mass is 10.1. The number of ether oxygens (including phenoxy) is 1. The minimum Gasteiger partial charge on any atom is -0.494 e. The van der Waals surface area contributed by atoms with Gasteiger partial charge in [0.1, 0.15) is 5.75 Å². The molecule has 0 saturated heterocycles. The first-order valence-electron chi connectivity index (χ1n) is 6.98. The zero-order valence-electron chi connectivity index (χ0n) is 12.0. The largest absolute Gasteiger partial charge is 0.494 e. The molecule has 0 unspecified atom stereocenters. The molecular weight excluding hydrogens is 272 g/mol. The van der Waals surface area contributed by atoms with E-state index in [0.717, 1.165) is 16.9 Å². The molecule has 0 bridgehead atoms. The standard InChI is InChI=1S/C17H19F2NO/c1-2-21-16-5-3-4-14(10-16)12-20-11-13-6-8-15(9-7-13)17(18)19/h3-10,17,20H,2,11-12H2,1H3. The summed E-state index contributed by atoms with van der Waals surface area (Å²) in [6.45, 7) is 3.95. The second-order valence-corrected chi connectivity index (χ2v) is 4.73. The smallest absolute Gasteiger partial charge is 0.263 e. The van der Waals surface area contributed by atoms with E-state index in [-0.39, 0.29) is 5.56 Å². The normalized spacial score (nSPS) is 10.9. The molecule has 0 atom stereocenters. The van der Waals surface area contributed by atoms with E-state index in [9.17, 15) is 8.78 Å². The van der Waals surface area contributed by atoms with E-state index < -0.39 is 6.43 Å². The van der Waals surface area contributed by atoms with E-state index in [4.69, 9.17) is 4.74 Å². The van der Waals surface area contributed by atoms with Crippen molar-refractivity contribution in [2.75, 3.05) is 6.61 Å². The molecule has 0 spiro atoms. The van der Waals surface area contributed by atoms with Crippen molar-refractivity contribution in [1.82, 2.24) is 5.32 Å². The molecule has 2 aromatic carbocycles. The Morgan fingerprint density at radius 2 is 1.71 bits per heavy atom. The van der Waals surface area contributed by atoms with Crippen LogP contribution in [0.25, 0.3) is 0 Å². The van der Waals surface area contributed by atoms with E-state index in [1.165, 1.54) is 12.1 Å². The predicted octanol–water partition coefficient (Wildman–Crippen LogP) is 4.31. The van der Waals surface area contributed by atoms with Crippen molar-refractivity contribution >= 4 is 0 Å². The minimum atomic E-state index is -2.41. The van der Waals surface area contributed by atoms with Gasteiger partial charge in [-0.2, -0.15) is 0 Å². The van der Waals surface area contributed by atoms with E-state index in [1.54, 1.807) is 12.1 Å². The molecule has 0 aliphatic heterocycles. The Kier molecular flexibility index (Phi) is 5.69. The first-order valence-corrected chi connectivity index (χ1v) is 6.98. The Hall–Kier alpha value is -1.94. The van der Waals surface area contributed by atoms with E-state index in [2.05, 4.69) is 5.32 Å². The molecule has 0 amide bonds. The van der Waals surface area contributed by atoms with Gasteiger partial charge in [0.2, 0.25) is 0 Å². The topological polar surface area (TPSA) is 21.3 Å². The Morgan fingerprint density at radius 3 is 2.38 bits per heavy atom.